The van der Waals surface area contributed by atoms with Crippen molar-refractivity contribution in [3.63, 3.8) is 0 Å². The van der Waals surface area contributed by atoms with Crippen molar-refractivity contribution >= 4 is 0 Å². The quantitative estimate of drug-likeness (QED) is 0.667. The van der Waals surface area contributed by atoms with E-state index in [1.165, 1.54) is 17.7 Å². The van der Waals surface area contributed by atoms with Crippen LogP contribution in [0.25, 0.3) is 0 Å². The third kappa shape index (κ3) is 1.84. The number of aryl methyl sites for hydroxylation is 1. The molecule has 0 unspecified atom stereocenters. The van der Waals surface area contributed by atoms with Crippen molar-refractivity contribution in [3.05, 3.63) is 29.6 Å². The summed E-state index contributed by atoms with van der Waals surface area (Å²) in [4.78, 5) is 4.42. The van der Waals surface area contributed by atoms with E-state index in [2.05, 4.69) is 31.8 Å². The Bertz CT molecular complexity index is 243. The van der Waals surface area contributed by atoms with E-state index in [4.69, 9.17) is 0 Å². The lowest BCUT2D eigenvalue weighted by Gasteiger charge is -2.11. The van der Waals surface area contributed by atoms with Crippen molar-refractivity contribution in [3.8, 4) is 0 Å². The highest BCUT2D eigenvalue weighted by atomic mass is 14.7. The summed E-state index contributed by atoms with van der Waals surface area (Å²) in [5.74, 6) is 0.598. The van der Waals surface area contributed by atoms with Gasteiger partial charge in [0.25, 0.3) is 0 Å². The van der Waals surface area contributed by atoms with Gasteiger partial charge in [-0.1, -0.05) is 26.8 Å². The lowest BCUT2D eigenvalue weighted by Crippen LogP contribution is -2.00. The molecule has 1 nitrogen and oxygen atoms in total. The van der Waals surface area contributed by atoms with Gasteiger partial charge in [-0.2, -0.15) is 0 Å². The van der Waals surface area contributed by atoms with E-state index >= 15 is 0 Å². The number of hydrogen-bond acceptors (Lipinski definition) is 1. The van der Waals surface area contributed by atoms with E-state index in [9.17, 15) is 0 Å². The third-order valence-corrected chi connectivity index (χ3v) is 2.39. The van der Waals surface area contributed by atoms with E-state index in [1.54, 1.807) is 0 Å². The van der Waals surface area contributed by atoms with Crippen molar-refractivity contribution in [1.82, 2.24) is 4.98 Å². The minimum atomic E-state index is 0.598. The molecule has 12 heavy (non-hydrogen) atoms. The predicted octanol–water partition coefficient (Wildman–Crippen LogP) is 3.16. The van der Waals surface area contributed by atoms with Crippen molar-refractivity contribution < 1.29 is 0 Å². The average Bonchev–Trinajstić information content (AvgIpc) is 2.16. The van der Waals surface area contributed by atoms with Gasteiger partial charge in [0.1, 0.15) is 0 Å². The highest BCUT2D eigenvalue weighted by Crippen LogP contribution is 2.20. The summed E-state index contributed by atoms with van der Waals surface area (Å²) in [5.41, 5.74) is 2.68. The maximum absolute atomic E-state index is 4.42. The van der Waals surface area contributed by atoms with E-state index in [1.807, 2.05) is 12.3 Å². The van der Waals surface area contributed by atoms with Crippen LogP contribution < -0.4 is 0 Å². The molecule has 0 saturated carbocycles. The van der Waals surface area contributed by atoms with Gasteiger partial charge >= 0.3 is 0 Å². The minimum Gasteiger partial charge on any atom is -0.261 e. The molecule has 0 aromatic carbocycles. The lowest BCUT2D eigenvalue weighted by atomic mass is 9.98. The van der Waals surface area contributed by atoms with Gasteiger partial charge in [-0.3, -0.25) is 4.98 Å². The van der Waals surface area contributed by atoms with E-state index < -0.39 is 0 Å². The summed E-state index contributed by atoms with van der Waals surface area (Å²) >= 11 is 0. The summed E-state index contributed by atoms with van der Waals surface area (Å²) in [6, 6.07) is 4.19. The first-order valence-electron chi connectivity index (χ1n) is 4.73. The fourth-order valence-corrected chi connectivity index (χ4v) is 1.39. The zero-order valence-electron chi connectivity index (χ0n) is 8.17. The number of nitrogens with zero attached hydrogens (tertiary/aromatic N) is 1. The van der Waals surface area contributed by atoms with Crippen LogP contribution in [0.15, 0.2) is 18.3 Å². The number of pyridine rings is 1. The fraction of sp³-hybridized carbons (Fsp3) is 0.545. The summed E-state index contributed by atoms with van der Waals surface area (Å²) in [7, 11) is 0. The first-order chi connectivity index (χ1) is 5.79. The third-order valence-electron chi connectivity index (χ3n) is 2.39. The Kier molecular flexibility index (Phi) is 3.27. The molecule has 0 radical (unpaired) electrons. The normalized spacial score (nSPS) is 12.9. The van der Waals surface area contributed by atoms with Gasteiger partial charge in [-0.15, -0.1) is 0 Å². The molecule has 0 amide bonds. The highest BCUT2D eigenvalue weighted by Gasteiger charge is 2.07. The second kappa shape index (κ2) is 4.24. The van der Waals surface area contributed by atoms with E-state index in [0.29, 0.717) is 5.92 Å². The SMILES string of the molecule is CCc1cccnc1[C@H](C)CC. The Morgan fingerprint density at radius 3 is 2.75 bits per heavy atom. The molecular formula is C11H17N. The van der Waals surface area contributed by atoms with Gasteiger partial charge in [0.15, 0.2) is 0 Å². The standard InChI is InChI=1S/C11H17N/c1-4-9(3)11-10(5-2)7-6-8-12-11/h6-9H,4-5H2,1-3H3/t9-/m1/s1. The Hall–Kier alpha value is -0.850. The zero-order valence-corrected chi connectivity index (χ0v) is 8.17. The number of hydrogen-bond donors (Lipinski definition) is 0. The molecule has 0 spiro atoms. The Labute approximate surface area is 74.8 Å². The van der Waals surface area contributed by atoms with Gasteiger partial charge in [-0.05, 0) is 30.4 Å². The minimum absolute atomic E-state index is 0.598. The molecule has 0 bridgehead atoms. The smallest absolute Gasteiger partial charge is 0.0463 e. The largest absolute Gasteiger partial charge is 0.261 e. The molecule has 1 rings (SSSR count). The van der Waals surface area contributed by atoms with Gasteiger partial charge in [0.05, 0.1) is 0 Å². The molecule has 1 aromatic heterocycles. The van der Waals surface area contributed by atoms with Crippen LogP contribution in [0.5, 0.6) is 0 Å². The number of aromatic nitrogens is 1. The van der Waals surface area contributed by atoms with Gasteiger partial charge in [0.2, 0.25) is 0 Å². The average molecular weight is 163 g/mol. The molecule has 0 saturated heterocycles. The van der Waals surface area contributed by atoms with Crippen LogP contribution in [0, 0.1) is 0 Å². The summed E-state index contributed by atoms with van der Waals surface area (Å²) in [6.45, 7) is 6.63. The predicted molar refractivity (Wildman–Crippen MR) is 52.3 cm³/mol. The molecule has 1 atom stereocenters. The van der Waals surface area contributed by atoms with Gasteiger partial charge in [-0.25, -0.2) is 0 Å². The zero-order chi connectivity index (χ0) is 8.97. The molecule has 1 heteroatoms. The summed E-state index contributed by atoms with van der Waals surface area (Å²) in [5, 5.41) is 0. The van der Waals surface area contributed by atoms with E-state index in [-0.39, 0.29) is 0 Å². The number of rotatable bonds is 3. The Morgan fingerprint density at radius 2 is 2.17 bits per heavy atom. The monoisotopic (exact) mass is 163 g/mol. The van der Waals surface area contributed by atoms with Crippen molar-refractivity contribution in [2.24, 2.45) is 0 Å². The Morgan fingerprint density at radius 1 is 1.42 bits per heavy atom. The molecule has 0 fully saturated rings. The second-order valence-electron chi connectivity index (χ2n) is 3.21. The van der Waals surface area contributed by atoms with Crippen LogP contribution in [-0.2, 0) is 6.42 Å². The van der Waals surface area contributed by atoms with Crippen LogP contribution in [0.2, 0.25) is 0 Å². The van der Waals surface area contributed by atoms with E-state index in [0.717, 1.165) is 6.42 Å². The topological polar surface area (TPSA) is 12.9 Å². The van der Waals surface area contributed by atoms with Crippen molar-refractivity contribution in [1.29, 1.82) is 0 Å². The van der Waals surface area contributed by atoms with Crippen LogP contribution >= 0.6 is 0 Å². The van der Waals surface area contributed by atoms with Crippen molar-refractivity contribution in [2.75, 3.05) is 0 Å². The molecule has 0 aliphatic heterocycles. The summed E-state index contributed by atoms with van der Waals surface area (Å²) < 4.78 is 0. The highest BCUT2D eigenvalue weighted by molar-refractivity contribution is 5.22. The molecule has 0 N–H and O–H groups in total. The molecule has 1 heterocycles. The lowest BCUT2D eigenvalue weighted by molar-refractivity contribution is 0.696. The summed E-state index contributed by atoms with van der Waals surface area (Å²) in [6.07, 6.45) is 4.15. The molecule has 1 aromatic rings. The fourth-order valence-electron chi connectivity index (χ4n) is 1.39. The van der Waals surface area contributed by atoms with Crippen LogP contribution in [-0.4, -0.2) is 4.98 Å². The maximum Gasteiger partial charge on any atom is 0.0463 e. The molecular weight excluding hydrogens is 146 g/mol. The molecule has 0 aliphatic rings. The maximum atomic E-state index is 4.42. The molecule has 66 valence electrons. The van der Waals surface area contributed by atoms with Gasteiger partial charge < -0.3 is 0 Å². The second-order valence-corrected chi connectivity index (χ2v) is 3.21. The van der Waals surface area contributed by atoms with Crippen LogP contribution in [0.3, 0.4) is 0 Å². The van der Waals surface area contributed by atoms with Gasteiger partial charge in [0, 0.05) is 11.9 Å². The first-order valence-corrected chi connectivity index (χ1v) is 4.73. The first kappa shape index (κ1) is 9.24. The van der Waals surface area contributed by atoms with Crippen LogP contribution in [0.4, 0.5) is 0 Å². The van der Waals surface area contributed by atoms with Crippen LogP contribution in [0.1, 0.15) is 44.4 Å². The molecule has 0 aliphatic carbocycles. The Balaban J connectivity index is 2.96. The van der Waals surface area contributed by atoms with Crippen molar-refractivity contribution in [2.45, 2.75) is 39.5 Å².